The van der Waals surface area contributed by atoms with Gasteiger partial charge in [0.2, 0.25) is 5.82 Å². The third-order valence-corrected chi connectivity index (χ3v) is 3.81. The fourth-order valence-electron chi connectivity index (χ4n) is 2.69. The summed E-state index contributed by atoms with van der Waals surface area (Å²) in [6.45, 7) is 1.81. The van der Waals surface area contributed by atoms with Crippen LogP contribution in [0.25, 0.3) is 33.9 Å². The number of hydrogen-bond donors (Lipinski definition) is 0. The van der Waals surface area contributed by atoms with Gasteiger partial charge in [0.15, 0.2) is 23.0 Å². The van der Waals surface area contributed by atoms with E-state index in [2.05, 4.69) is 15.1 Å². The summed E-state index contributed by atoms with van der Waals surface area (Å²) in [4.78, 5) is 8.80. The van der Waals surface area contributed by atoms with E-state index < -0.39 is 0 Å². The lowest BCUT2D eigenvalue weighted by molar-refractivity contribution is 0.353. The summed E-state index contributed by atoms with van der Waals surface area (Å²) in [7, 11) is 3.15. The number of aromatic nitrogens is 3. The molecule has 4 aromatic rings. The number of para-hydroxylation sites is 1. The van der Waals surface area contributed by atoms with Gasteiger partial charge in [-0.25, -0.2) is 4.98 Å². The lowest BCUT2D eigenvalue weighted by Crippen LogP contribution is -1.93. The van der Waals surface area contributed by atoms with Crippen molar-refractivity contribution in [3.8, 4) is 34.3 Å². The zero-order valence-electron chi connectivity index (χ0n) is 13.9. The summed E-state index contributed by atoms with van der Waals surface area (Å²) in [6, 6.07) is 11.1. The quantitative estimate of drug-likeness (QED) is 0.559. The maximum absolute atomic E-state index is 5.48. The average Bonchev–Trinajstić information content (AvgIpc) is 3.25. The molecule has 4 rings (SSSR count). The molecule has 0 aliphatic heterocycles. The Morgan fingerprint density at radius 3 is 2.68 bits per heavy atom. The minimum absolute atomic E-state index is 0.349. The Hall–Kier alpha value is -3.35. The highest BCUT2D eigenvalue weighted by atomic mass is 16.5. The van der Waals surface area contributed by atoms with Gasteiger partial charge in [0.05, 0.1) is 19.8 Å². The summed E-state index contributed by atoms with van der Waals surface area (Å²) >= 11 is 0. The largest absolute Gasteiger partial charge is 0.493 e. The molecule has 0 unspecified atom stereocenters. The molecule has 0 aliphatic rings. The van der Waals surface area contributed by atoms with Crippen molar-refractivity contribution >= 4 is 11.1 Å². The predicted molar refractivity (Wildman–Crippen MR) is 90.6 cm³/mol. The Morgan fingerprint density at radius 1 is 1.00 bits per heavy atom. The number of methoxy groups -OCH3 is 2. The molecule has 0 atom stereocenters. The first-order chi connectivity index (χ1) is 12.2. The average molecular weight is 337 g/mol. The molecule has 25 heavy (non-hydrogen) atoms. The lowest BCUT2D eigenvalue weighted by atomic mass is 10.1. The van der Waals surface area contributed by atoms with Crippen molar-refractivity contribution in [2.75, 3.05) is 14.2 Å². The highest BCUT2D eigenvalue weighted by Gasteiger charge is 2.18. The fraction of sp³-hybridized carbons (Fsp3) is 0.167. The molecule has 0 N–H and O–H groups in total. The summed E-state index contributed by atoms with van der Waals surface area (Å²) in [5.41, 5.74) is 2.93. The van der Waals surface area contributed by atoms with Crippen molar-refractivity contribution in [2.45, 2.75) is 6.92 Å². The highest BCUT2D eigenvalue weighted by Crippen LogP contribution is 2.37. The van der Waals surface area contributed by atoms with E-state index in [0.29, 0.717) is 34.7 Å². The minimum atomic E-state index is 0.349. The molecule has 0 spiro atoms. The van der Waals surface area contributed by atoms with Crippen molar-refractivity contribution in [1.82, 2.24) is 15.1 Å². The van der Waals surface area contributed by atoms with Crippen molar-refractivity contribution in [2.24, 2.45) is 0 Å². The number of oxazole rings is 1. The predicted octanol–water partition coefficient (Wildman–Crippen LogP) is 3.87. The first-order valence-corrected chi connectivity index (χ1v) is 7.62. The van der Waals surface area contributed by atoms with Crippen LogP contribution in [-0.4, -0.2) is 29.3 Å². The van der Waals surface area contributed by atoms with E-state index in [1.807, 2.05) is 30.3 Å². The number of fused-ring (bicyclic) bond motifs is 1. The summed E-state index contributed by atoms with van der Waals surface area (Å²) < 4.78 is 21.6. The first-order valence-electron chi connectivity index (χ1n) is 7.62. The van der Waals surface area contributed by atoms with Crippen LogP contribution >= 0.6 is 0 Å². The van der Waals surface area contributed by atoms with Crippen molar-refractivity contribution in [3.63, 3.8) is 0 Å². The van der Waals surface area contributed by atoms with Crippen LogP contribution in [0.3, 0.4) is 0 Å². The van der Waals surface area contributed by atoms with Crippen LogP contribution in [0.4, 0.5) is 0 Å². The molecule has 7 heteroatoms. The number of nitrogens with zero attached hydrogens (tertiary/aromatic N) is 3. The van der Waals surface area contributed by atoms with E-state index in [1.54, 1.807) is 27.2 Å². The van der Waals surface area contributed by atoms with Gasteiger partial charge in [-0.3, -0.25) is 0 Å². The Bertz CT molecular complexity index is 1050. The van der Waals surface area contributed by atoms with Crippen LogP contribution in [0.15, 0.2) is 45.3 Å². The lowest BCUT2D eigenvalue weighted by Gasteiger charge is -2.09. The second-order valence-electron chi connectivity index (χ2n) is 5.38. The molecule has 0 saturated carbocycles. The normalized spacial score (nSPS) is 11.0. The molecule has 0 radical (unpaired) electrons. The van der Waals surface area contributed by atoms with E-state index in [4.69, 9.17) is 18.4 Å². The van der Waals surface area contributed by atoms with Crippen molar-refractivity contribution in [3.05, 3.63) is 42.3 Å². The van der Waals surface area contributed by atoms with Gasteiger partial charge in [0.25, 0.3) is 5.89 Å². The van der Waals surface area contributed by atoms with Crippen LogP contribution in [-0.2, 0) is 0 Å². The van der Waals surface area contributed by atoms with Gasteiger partial charge in [-0.1, -0.05) is 11.2 Å². The van der Waals surface area contributed by atoms with E-state index in [0.717, 1.165) is 16.7 Å². The fourth-order valence-corrected chi connectivity index (χ4v) is 2.69. The topological polar surface area (TPSA) is 83.4 Å². The second kappa shape index (κ2) is 5.94. The molecule has 0 amide bonds. The molecule has 0 aliphatic carbocycles. The zero-order valence-corrected chi connectivity index (χ0v) is 13.9. The van der Waals surface area contributed by atoms with Crippen molar-refractivity contribution in [1.29, 1.82) is 0 Å². The van der Waals surface area contributed by atoms with Crippen LogP contribution in [0.5, 0.6) is 11.5 Å². The van der Waals surface area contributed by atoms with E-state index in [1.165, 1.54) is 0 Å². The summed E-state index contributed by atoms with van der Waals surface area (Å²) in [5, 5.41) is 4.07. The standard InChI is InChI=1S/C18H15N3O4/c1-10-19-13-9-11(7-8-14(13)24-10)17-20-18(25-21-17)12-5-4-6-15(22-2)16(12)23-3/h4-9H,1-3H3. The van der Waals surface area contributed by atoms with Gasteiger partial charge in [0, 0.05) is 12.5 Å². The number of benzene rings is 2. The van der Waals surface area contributed by atoms with E-state index in [9.17, 15) is 0 Å². The van der Waals surface area contributed by atoms with Crippen molar-refractivity contribution < 1.29 is 18.4 Å². The Labute approximate surface area is 143 Å². The van der Waals surface area contributed by atoms with Gasteiger partial charge in [-0.05, 0) is 30.3 Å². The number of hydrogen-bond acceptors (Lipinski definition) is 7. The Morgan fingerprint density at radius 2 is 1.88 bits per heavy atom. The second-order valence-corrected chi connectivity index (χ2v) is 5.38. The van der Waals surface area contributed by atoms with Gasteiger partial charge in [-0.2, -0.15) is 4.98 Å². The molecule has 2 aromatic heterocycles. The maximum atomic E-state index is 5.48. The summed E-state index contributed by atoms with van der Waals surface area (Å²) in [5.74, 6) is 2.56. The van der Waals surface area contributed by atoms with E-state index >= 15 is 0 Å². The third-order valence-electron chi connectivity index (χ3n) is 3.81. The van der Waals surface area contributed by atoms with Crippen LogP contribution < -0.4 is 9.47 Å². The van der Waals surface area contributed by atoms with E-state index in [-0.39, 0.29) is 0 Å². The van der Waals surface area contributed by atoms with Gasteiger partial charge < -0.3 is 18.4 Å². The molecule has 7 nitrogen and oxygen atoms in total. The first kappa shape index (κ1) is 15.2. The van der Waals surface area contributed by atoms with Crippen LogP contribution in [0.1, 0.15) is 5.89 Å². The molecule has 0 saturated heterocycles. The highest BCUT2D eigenvalue weighted by molar-refractivity contribution is 5.79. The summed E-state index contributed by atoms with van der Waals surface area (Å²) in [6.07, 6.45) is 0. The Balaban J connectivity index is 1.77. The minimum Gasteiger partial charge on any atom is -0.493 e. The monoisotopic (exact) mass is 337 g/mol. The zero-order chi connectivity index (χ0) is 17.4. The van der Waals surface area contributed by atoms with Gasteiger partial charge >= 0.3 is 0 Å². The van der Waals surface area contributed by atoms with Gasteiger partial charge in [-0.15, -0.1) is 0 Å². The molecule has 0 bridgehead atoms. The third kappa shape index (κ3) is 2.59. The SMILES string of the molecule is COc1cccc(-c2nc(-c3ccc4oc(C)nc4c3)no2)c1OC. The van der Waals surface area contributed by atoms with Crippen LogP contribution in [0, 0.1) is 6.92 Å². The molecular weight excluding hydrogens is 322 g/mol. The Kier molecular flexibility index (Phi) is 3.61. The number of ether oxygens (including phenoxy) is 2. The number of aryl methyl sites for hydroxylation is 1. The smallest absolute Gasteiger partial charge is 0.262 e. The molecule has 126 valence electrons. The van der Waals surface area contributed by atoms with Crippen LogP contribution in [0.2, 0.25) is 0 Å². The maximum Gasteiger partial charge on any atom is 0.262 e. The molecular formula is C18H15N3O4. The molecule has 2 heterocycles. The molecule has 0 fully saturated rings. The van der Waals surface area contributed by atoms with Gasteiger partial charge in [0.1, 0.15) is 5.52 Å². The number of rotatable bonds is 4. The molecule has 2 aromatic carbocycles.